The molecule has 0 aromatic heterocycles. The van der Waals surface area contributed by atoms with Gasteiger partial charge in [0.25, 0.3) is 0 Å². The van der Waals surface area contributed by atoms with Crippen LogP contribution in [0.15, 0.2) is 24.3 Å². The molecule has 1 aromatic rings. The number of hydrogen-bond donors (Lipinski definition) is 1. The minimum absolute atomic E-state index is 0.127. The molecule has 0 aliphatic carbocycles. The number of alkyl halides is 3. The van der Waals surface area contributed by atoms with Gasteiger partial charge < -0.3 is 10.1 Å². The van der Waals surface area contributed by atoms with Crippen molar-refractivity contribution in [1.82, 2.24) is 5.32 Å². The summed E-state index contributed by atoms with van der Waals surface area (Å²) in [6.45, 7) is 3.23. The standard InChI is InChI=1S/C14H16F3NO2/c1-2-13(6-7-18-9-13)12(19)10-4-3-5-11(8-10)20-14(15,16)17/h3-5,8,18H,2,6-7,9H2,1H3. The van der Waals surface area contributed by atoms with Crippen LogP contribution in [0.25, 0.3) is 0 Å². The fourth-order valence-electron chi connectivity index (χ4n) is 2.54. The molecule has 6 heteroatoms. The molecule has 1 aliphatic heterocycles. The summed E-state index contributed by atoms with van der Waals surface area (Å²) in [5, 5.41) is 3.14. The Balaban J connectivity index is 2.24. The van der Waals surface area contributed by atoms with Gasteiger partial charge in [0, 0.05) is 17.5 Å². The zero-order valence-corrected chi connectivity index (χ0v) is 11.1. The number of benzene rings is 1. The van der Waals surface area contributed by atoms with E-state index in [0.717, 1.165) is 12.6 Å². The summed E-state index contributed by atoms with van der Waals surface area (Å²) in [4.78, 5) is 12.5. The van der Waals surface area contributed by atoms with Crippen LogP contribution >= 0.6 is 0 Å². The molecule has 3 nitrogen and oxygen atoms in total. The van der Waals surface area contributed by atoms with Crippen molar-refractivity contribution in [1.29, 1.82) is 0 Å². The Labute approximate surface area is 115 Å². The summed E-state index contributed by atoms with van der Waals surface area (Å²) in [5.41, 5.74) is -0.256. The first kappa shape index (κ1) is 14.8. The Morgan fingerprint density at radius 2 is 2.20 bits per heavy atom. The third kappa shape index (κ3) is 3.12. The van der Waals surface area contributed by atoms with Crippen LogP contribution in [0.3, 0.4) is 0 Å². The molecule has 1 N–H and O–H groups in total. The van der Waals surface area contributed by atoms with Gasteiger partial charge in [0.05, 0.1) is 0 Å². The van der Waals surface area contributed by atoms with Crippen molar-refractivity contribution in [3.05, 3.63) is 29.8 Å². The lowest BCUT2D eigenvalue weighted by atomic mass is 9.77. The highest BCUT2D eigenvalue weighted by atomic mass is 19.4. The van der Waals surface area contributed by atoms with Gasteiger partial charge in [0.15, 0.2) is 5.78 Å². The number of rotatable bonds is 4. The summed E-state index contributed by atoms with van der Waals surface area (Å²) in [5.74, 6) is -0.488. The van der Waals surface area contributed by atoms with E-state index >= 15 is 0 Å². The topological polar surface area (TPSA) is 38.3 Å². The minimum Gasteiger partial charge on any atom is -0.406 e. The molecule has 0 spiro atoms. The van der Waals surface area contributed by atoms with Gasteiger partial charge >= 0.3 is 6.36 Å². The average molecular weight is 287 g/mol. The van der Waals surface area contributed by atoms with Crippen molar-refractivity contribution in [2.24, 2.45) is 5.41 Å². The number of ketones is 1. The predicted molar refractivity (Wildman–Crippen MR) is 67.7 cm³/mol. The van der Waals surface area contributed by atoms with Crippen LogP contribution in [0.4, 0.5) is 13.2 Å². The van der Waals surface area contributed by atoms with E-state index in [9.17, 15) is 18.0 Å². The largest absolute Gasteiger partial charge is 0.573 e. The Morgan fingerprint density at radius 3 is 2.75 bits per heavy atom. The number of carbonyl (C=O) groups is 1. The van der Waals surface area contributed by atoms with E-state index in [2.05, 4.69) is 10.1 Å². The molecular formula is C14H16F3NO2. The van der Waals surface area contributed by atoms with Gasteiger partial charge in [-0.15, -0.1) is 13.2 Å². The van der Waals surface area contributed by atoms with Crippen LogP contribution in [0.5, 0.6) is 5.75 Å². The molecule has 0 bridgehead atoms. The third-order valence-corrected chi connectivity index (χ3v) is 3.73. The number of carbonyl (C=O) groups excluding carboxylic acids is 1. The maximum atomic E-state index is 12.5. The van der Waals surface area contributed by atoms with E-state index in [1.807, 2.05) is 6.92 Å². The SMILES string of the molecule is CCC1(C(=O)c2cccc(OC(F)(F)F)c2)CCNC1. The van der Waals surface area contributed by atoms with Gasteiger partial charge in [-0.3, -0.25) is 4.79 Å². The van der Waals surface area contributed by atoms with E-state index < -0.39 is 11.8 Å². The fraction of sp³-hybridized carbons (Fsp3) is 0.500. The summed E-state index contributed by atoms with van der Waals surface area (Å²) < 4.78 is 40.5. The highest BCUT2D eigenvalue weighted by Crippen LogP contribution is 2.34. The lowest BCUT2D eigenvalue weighted by Crippen LogP contribution is -2.33. The third-order valence-electron chi connectivity index (χ3n) is 3.73. The average Bonchev–Trinajstić information content (AvgIpc) is 2.86. The first-order valence-corrected chi connectivity index (χ1v) is 6.48. The maximum absolute atomic E-state index is 12.5. The zero-order chi connectivity index (χ0) is 14.8. The van der Waals surface area contributed by atoms with Gasteiger partial charge in [-0.05, 0) is 31.5 Å². The Morgan fingerprint density at radius 1 is 1.45 bits per heavy atom. The molecule has 0 radical (unpaired) electrons. The molecule has 1 aliphatic rings. The fourth-order valence-corrected chi connectivity index (χ4v) is 2.54. The molecule has 1 saturated heterocycles. The second-order valence-electron chi connectivity index (χ2n) is 4.97. The minimum atomic E-state index is -4.75. The van der Waals surface area contributed by atoms with Crippen molar-refractivity contribution in [3.8, 4) is 5.75 Å². The molecule has 1 unspecified atom stereocenters. The molecule has 0 saturated carbocycles. The number of nitrogens with one attached hydrogen (secondary N) is 1. The molecule has 1 aromatic carbocycles. The van der Waals surface area contributed by atoms with Gasteiger partial charge in [-0.25, -0.2) is 0 Å². The Hall–Kier alpha value is -1.56. The summed E-state index contributed by atoms with van der Waals surface area (Å²) in [7, 11) is 0. The summed E-state index contributed by atoms with van der Waals surface area (Å²) >= 11 is 0. The summed E-state index contributed by atoms with van der Waals surface area (Å²) in [6.07, 6.45) is -3.39. The molecule has 20 heavy (non-hydrogen) atoms. The van der Waals surface area contributed by atoms with Gasteiger partial charge in [0.1, 0.15) is 5.75 Å². The molecule has 110 valence electrons. The van der Waals surface area contributed by atoms with Crippen LogP contribution in [0.1, 0.15) is 30.1 Å². The highest BCUT2D eigenvalue weighted by molar-refractivity contribution is 6.01. The van der Waals surface area contributed by atoms with Crippen molar-refractivity contribution in [3.63, 3.8) is 0 Å². The smallest absolute Gasteiger partial charge is 0.406 e. The zero-order valence-electron chi connectivity index (χ0n) is 11.1. The lowest BCUT2D eigenvalue weighted by molar-refractivity contribution is -0.274. The van der Waals surface area contributed by atoms with Crippen LogP contribution in [0, 0.1) is 5.41 Å². The van der Waals surface area contributed by atoms with Crippen LogP contribution in [-0.4, -0.2) is 25.2 Å². The van der Waals surface area contributed by atoms with Crippen molar-refractivity contribution < 1.29 is 22.7 Å². The van der Waals surface area contributed by atoms with E-state index in [1.165, 1.54) is 18.2 Å². The van der Waals surface area contributed by atoms with Crippen molar-refractivity contribution in [2.45, 2.75) is 26.1 Å². The van der Waals surface area contributed by atoms with E-state index in [-0.39, 0.29) is 17.1 Å². The Bertz CT molecular complexity index is 493. The van der Waals surface area contributed by atoms with Gasteiger partial charge in [0.2, 0.25) is 0 Å². The Kier molecular flexibility index (Phi) is 4.04. The molecule has 1 atom stereocenters. The second kappa shape index (κ2) is 5.44. The first-order valence-electron chi connectivity index (χ1n) is 6.48. The van der Waals surface area contributed by atoms with Gasteiger partial charge in [-0.1, -0.05) is 19.1 Å². The molecule has 2 rings (SSSR count). The second-order valence-corrected chi connectivity index (χ2v) is 4.97. The van der Waals surface area contributed by atoms with E-state index in [1.54, 1.807) is 0 Å². The van der Waals surface area contributed by atoms with Crippen molar-refractivity contribution >= 4 is 5.78 Å². The van der Waals surface area contributed by atoms with Crippen molar-refractivity contribution in [2.75, 3.05) is 13.1 Å². The molecule has 0 amide bonds. The number of hydrogen-bond acceptors (Lipinski definition) is 3. The molecule has 1 fully saturated rings. The predicted octanol–water partition coefficient (Wildman–Crippen LogP) is 3.16. The molecular weight excluding hydrogens is 271 g/mol. The molecule has 1 heterocycles. The number of Topliss-reactive ketones (excluding diaryl/α,β-unsaturated/α-hetero) is 1. The van der Waals surface area contributed by atoms with Crippen LogP contribution in [-0.2, 0) is 0 Å². The highest BCUT2D eigenvalue weighted by Gasteiger charge is 2.40. The van der Waals surface area contributed by atoms with Crippen LogP contribution < -0.4 is 10.1 Å². The first-order chi connectivity index (χ1) is 9.36. The normalized spacial score (nSPS) is 22.8. The summed E-state index contributed by atoms with van der Waals surface area (Å²) in [6, 6.07) is 5.28. The van der Waals surface area contributed by atoms with E-state index in [0.29, 0.717) is 19.4 Å². The maximum Gasteiger partial charge on any atom is 0.573 e. The lowest BCUT2D eigenvalue weighted by Gasteiger charge is -2.25. The monoisotopic (exact) mass is 287 g/mol. The van der Waals surface area contributed by atoms with Crippen LogP contribution in [0.2, 0.25) is 0 Å². The van der Waals surface area contributed by atoms with E-state index in [4.69, 9.17) is 0 Å². The number of ether oxygens (including phenoxy) is 1. The van der Waals surface area contributed by atoms with Gasteiger partial charge in [-0.2, -0.15) is 0 Å². The number of halogens is 3. The quantitative estimate of drug-likeness (QED) is 0.864.